The van der Waals surface area contributed by atoms with Crippen molar-refractivity contribution < 1.29 is 0 Å². The highest BCUT2D eigenvalue weighted by Crippen LogP contribution is 3.00. The van der Waals surface area contributed by atoms with E-state index in [1.165, 1.54) is 24.8 Å². The molecule has 3 aliphatic rings. The van der Waals surface area contributed by atoms with Gasteiger partial charge >= 0.3 is 0 Å². The lowest BCUT2D eigenvalue weighted by Crippen LogP contribution is -2.19. The lowest BCUT2D eigenvalue weighted by molar-refractivity contribution is 0.270. The third kappa shape index (κ3) is 0.466. The highest BCUT2D eigenvalue weighted by atomic mass is 15.0. The zero-order chi connectivity index (χ0) is 9.27. The molecule has 3 aliphatic carbocycles. The monoisotopic (exact) mass is 172 g/mol. The maximum absolute atomic E-state index is 4.16. The summed E-state index contributed by atoms with van der Waals surface area (Å²) < 4.78 is 0. The molecule has 4 atom stereocenters. The van der Waals surface area contributed by atoms with Gasteiger partial charge in [-0.05, 0) is 30.3 Å². The highest BCUT2D eigenvalue weighted by Gasteiger charge is 2.96. The Labute approximate surface area is 80.0 Å². The lowest BCUT2D eigenvalue weighted by Gasteiger charge is -2.27. The molecule has 0 N–H and O–H groups in total. The van der Waals surface area contributed by atoms with E-state index in [0.717, 1.165) is 11.8 Å². The van der Waals surface area contributed by atoms with Gasteiger partial charge in [-0.25, -0.2) is 0 Å². The molecule has 0 radical (unpaired) electrons. The summed E-state index contributed by atoms with van der Waals surface area (Å²) in [6, 6.07) is 0. The van der Waals surface area contributed by atoms with E-state index in [4.69, 9.17) is 0 Å². The van der Waals surface area contributed by atoms with Gasteiger partial charge in [-0.1, -0.05) is 31.7 Å². The van der Waals surface area contributed by atoms with Crippen LogP contribution in [0.15, 0.2) is 37.5 Å². The van der Waals surface area contributed by atoms with Crippen molar-refractivity contribution in [2.45, 2.75) is 19.3 Å². The molecular formula is C13H16. The van der Waals surface area contributed by atoms with E-state index in [9.17, 15) is 0 Å². The Kier molecular flexibility index (Phi) is 1.08. The second-order valence-electron chi connectivity index (χ2n) is 4.77. The summed E-state index contributed by atoms with van der Waals surface area (Å²) in [6.07, 6.45) is 8.35. The minimum absolute atomic E-state index is 0.453. The molecule has 0 aromatic carbocycles. The van der Waals surface area contributed by atoms with E-state index in [0.29, 0.717) is 10.8 Å². The summed E-state index contributed by atoms with van der Waals surface area (Å²) >= 11 is 0. The van der Waals surface area contributed by atoms with Gasteiger partial charge in [-0.15, -0.1) is 6.58 Å². The first-order valence-electron chi connectivity index (χ1n) is 5.22. The number of fused-ring (bicyclic) bond motifs is 2. The predicted molar refractivity (Wildman–Crippen MR) is 55.2 cm³/mol. The smallest absolute Gasteiger partial charge is 0.0117 e. The molecule has 2 unspecified atom stereocenters. The Morgan fingerprint density at radius 2 is 1.85 bits per heavy atom. The largest absolute Gasteiger partial charge is 0.102 e. The number of hydrogen-bond acceptors (Lipinski definition) is 0. The van der Waals surface area contributed by atoms with Crippen LogP contribution in [0.1, 0.15) is 19.3 Å². The first-order chi connectivity index (χ1) is 6.26. The summed E-state index contributed by atoms with van der Waals surface area (Å²) in [7, 11) is 0. The average Bonchev–Trinajstić information content (AvgIpc) is 3.03. The van der Waals surface area contributed by atoms with Crippen LogP contribution in [0.4, 0.5) is 0 Å². The van der Waals surface area contributed by atoms with E-state index >= 15 is 0 Å². The average molecular weight is 172 g/mol. The van der Waals surface area contributed by atoms with Crippen molar-refractivity contribution >= 4 is 0 Å². The van der Waals surface area contributed by atoms with Crippen molar-refractivity contribution in [2.75, 3.05) is 0 Å². The zero-order valence-electron chi connectivity index (χ0n) is 8.05. The van der Waals surface area contributed by atoms with Gasteiger partial charge in [0.25, 0.3) is 0 Å². The molecule has 0 heteroatoms. The van der Waals surface area contributed by atoms with E-state index in [2.05, 4.69) is 25.8 Å². The normalized spacial score (nSPS) is 54.8. The first kappa shape index (κ1) is 7.61. The molecule has 0 spiro atoms. The van der Waals surface area contributed by atoms with Crippen LogP contribution in [0.2, 0.25) is 0 Å². The summed E-state index contributed by atoms with van der Waals surface area (Å²) in [6.45, 7) is 12.0. The van der Waals surface area contributed by atoms with Crippen LogP contribution in [0, 0.1) is 22.7 Å². The Balaban J connectivity index is 2.01. The van der Waals surface area contributed by atoms with Gasteiger partial charge in [0.05, 0.1) is 0 Å². The van der Waals surface area contributed by atoms with Gasteiger partial charge in [-0.3, -0.25) is 0 Å². The standard InChI is InChI=1S/C13H16/c1-4-9(3)13-10-7-6-8-11(13)12(10,13)5-2/h4-5,10-11H,1-3,6-8H2/t10-,11+,12?,13?. The quantitative estimate of drug-likeness (QED) is 0.452. The zero-order valence-corrected chi connectivity index (χ0v) is 8.05. The van der Waals surface area contributed by atoms with Gasteiger partial charge in [0.2, 0.25) is 0 Å². The van der Waals surface area contributed by atoms with Crippen LogP contribution >= 0.6 is 0 Å². The summed E-state index contributed by atoms with van der Waals surface area (Å²) in [5.41, 5.74) is 2.22. The minimum atomic E-state index is 0.453. The molecule has 13 heavy (non-hydrogen) atoms. The highest BCUT2D eigenvalue weighted by molar-refractivity contribution is 5.58. The molecule has 3 fully saturated rings. The molecule has 0 bridgehead atoms. The van der Waals surface area contributed by atoms with E-state index in [1.54, 1.807) is 0 Å². The fraction of sp³-hybridized carbons (Fsp3) is 0.538. The summed E-state index contributed by atoms with van der Waals surface area (Å²) in [4.78, 5) is 0. The Morgan fingerprint density at radius 1 is 1.23 bits per heavy atom. The fourth-order valence-corrected chi connectivity index (χ4v) is 4.45. The first-order valence-corrected chi connectivity index (χ1v) is 5.22. The molecule has 0 nitrogen and oxygen atoms in total. The van der Waals surface area contributed by atoms with Gasteiger partial charge in [-0.2, -0.15) is 0 Å². The second-order valence-corrected chi connectivity index (χ2v) is 4.77. The molecule has 0 amide bonds. The predicted octanol–water partition coefficient (Wildman–Crippen LogP) is 3.33. The Hall–Kier alpha value is -0.780. The van der Waals surface area contributed by atoms with Crippen molar-refractivity contribution in [1.29, 1.82) is 0 Å². The topological polar surface area (TPSA) is 0 Å². The Morgan fingerprint density at radius 3 is 2.23 bits per heavy atom. The van der Waals surface area contributed by atoms with Gasteiger partial charge < -0.3 is 0 Å². The van der Waals surface area contributed by atoms with Crippen molar-refractivity contribution in [2.24, 2.45) is 22.7 Å². The number of rotatable bonds is 3. The summed E-state index contributed by atoms with van der Waals surface area (Å²) in [5.74, 6) is 1.75. The Bertz CT molecular complexity index is 309. The third-order valence-electron chi connectivity index (χ3n) is 4.90. The van der Waals surface area contributed by atoms with E-state index in [1.807, 2.05) is 6.08 Å². The maximum atomic E-state index is 4.16. The van der Waals surface area contributed by atoms with Crippen molar-refractivity contribution in [1.82, 2.24) is 0 Å². The van der Waals surface area contributed by atoms with Gasteiger partial charge in [0.15, 0.2) is 0 Å². The molecule has 0 aromatic heterocycles. The molecule has 0 aromatic rings. The van der Waals surface area contributed by atoms with Crippen LogP contribution in [-0.2, 0) is 0 Å². The number of hydrogen-bond donors (Lipinski definition) is 0. The third-order valence-corrected chi connectivity index (χ3v) is 4.90. The van der Waals surface area contributed by atoms with Crippen LogP contribution in [-0.4, -0.2) is 0 Å². The summed E-state index contributed by atoms with van der Waals surface area (Å²) in [5, 5.41) is 0. The fourth-order valence-electron chi connectivity index (χ4n) is 4.45. The molecule has 0 aliphatic heterocycles. The van der Waals surface area contributed by atoms with Crippen molar-refractivity contribution in [3.8, 4) is 0 Å². The van der Waals surface area contributed by atoms with Crippen LogP contribution in [0.25, 0.3) is 0 Å². The van der Waals surface area contributed by atoms with Crippen LogP contribution < -0.4 is 0 Å². The molecule has 3 rings (SSSR count). The lowest BCUT2D eigenvalue weighted by atomic mass is 9.77. The minimum Gasteiger partial charge on any atom is -0.102 e. The molecular weight excluding hydrogens is 156 g/mol. The van der Waals surface area contributed by atoms with E-state index < -0.39 is 0 Å². The number of allylic oxidation sites excluding steroid dienone is 3. The van der Waals surface area contributed by atoms with Crippen LogP contribution in [0.5, 0.6) is 0 Å². The van der Waals surface area contributed by atoms with Gasteiger partial charge in [0.1, 0.15) is 0 Å². The molecule has 68 valence electrons. The van der Waals surface area contributed by atoms with Crippen molar-refractivity contribution in [3.63, 3.8) is 0 Å². The maximum Gasteiger partial charge on any atom is 0.0117 e. The molecule has 0 heterocycles. The second kappa shape index (κ2) is 1.84. The SMILES string of the molecule is C=CC(=C)C12[C@@H]3CCC[C@H]1C32C=C. The molecule has 3 saturated carbocycles. The van der Waals surface area contributed by atoms with Crippen LogP contribution in [0.3, 0.4) is 0 Å². The van der Waals surface area contributed by atoms with Crippen molar-refractivity contribution in [3.05, 3.63) is 37.5 Å². The molecule has 0 saturated heterocycles. The van der Waals surface area contributed by atoms with Gasteiger partial charge in [0, 0.05) is 10.8 Å². The van der Waals surface area contributed by atoms with E-state index in [-0.39, 0.29) is 0 Å².